The van der Waals surface area contributed by atoms with Gasteiger partial charge in [-0.1, -0.05) is 35.1 Å². The van der Waals surface area contributed by atoms with Crippen LogP contribution in [-0.4, -0.2) is 35.4 Å². The summed E-state index contributed by atoms with van der Waals surface area (Å²) in [5.41, 5.74) is 3.91. The van der Waals surface area contributed by atoms with Crippen molar-refractivity contribution in [2.75, 3.05) is 12.4 Å². The molecule has 0 aliphatic rings. The number of methoxy groups -OCH3 is 1. The van der Waals surface area contributed by atoms with Crippen LogP contribution in [0.1, 0.15) is 12.5 Å². The second-order valence-corrected chi connectivity index (χ2v) is 7.08. The molecule has 0 aliphatic heterocycles. The number of aromatic nitrogens is 1. The summed E-state index contributed by atoms with van der Waals surface area (Å²) in [5.74, 6) is -0.238. The predicted octanol–water partition coefficient (Wildman–Crippen LogP) is 3.61. The third kappa shape index (κ3) is 4.47. The van der Waals surface area contributed by atoms with Gasteiger partial charge in [0.15, 0.2) is 16.6 Å². The molecule has 1 aromatic heterocycles. The minimum atomic E-state index is -0.527. The summed E-state index contributed by atoms with van der Waals surface area (Å²) in [6, 6.07) is 10.3. The monoisotopic (exact) mass is 404 g/mol. The highest BCUT2D eigenvalue weighted by Gasteiger charge is 2.14. The summed E-state index contributed by atoms with van der Waals surface area (Å²) in [6.07, 6.45) is 1.41. The average Bonchev–Trinajstić information content (AvgIpc) is 3.06. The Morgan fingerprint density at radius 3 is 2.93 bits per heavy atom. The average molecular weight is 405 g/mol. The Bertz CT molecular complexity index is 972. The summed E-state index contributed by atoms with van der Waals surface area (Å²) < 4.78 is 6.07. The zero-order chi connectivity index (χ0) is 19.4. The number of phenols is 1. The molecule has 0 spiro atoms. The number of anilines is 1. The van der Waals surface area contributed by atoms with Gasteiger partial charge in [-0.3, -0.25) is 4.79 Å². The van der Waals surface area contributed by atoms with Crippen molar-refractivity contribution in [1.82, 2.24) is 10.4 Å². The molecule has 1 amide bonds. The number of hydrazone groups is 1. The summed E-state index contributed by atoms with van der Waals surface area (Å²) in [7, 11) is 1.42. The van der Waals surface area contributed by atoms with Crippen LogP contribution in [0.3, 0.4) is 0 Å². The standard InChI is InChI=1S/C18H17ClN4O3S/c1-10(21-18-22-13-5-3-4-6-15(13)27-18)17(25)23-20-9-11-7-12(19)16(24)14(8-11)26-2/h3-10,24H,1-2H3,(H,21,22)(H,23,25)/b20-9+/t10-/m0/s1. The number of thiazole rings is 1. The van der Waals surface area contributed by atoms with E-state index in [1.165, 1.54) is 30.7 Å². The van der Waals surface area contributed by atoms with Crippen molar-refractivity contribution in [3.05, 3.63) is 47.0 Å². The van der Waals surface area contributed by atoms with Crippen LogP contribution in [0.5, 0.6) is 11.5 Å². The highest BCUT2D eigenvalue weighted by Crippen LogP contribution is 2.34. The number of para-hydroxylation sites is 1. The molecule has 0 saturated heterocycles. The summed E-state index contributed by atoms with van der Waals surface area (Å²) in [5, 5.41) is 17.5. The first-order valence-corrected chi connectivity index (χ1v) is 9.19. The first kappa shape index (κ1) is 18.9. The minimum absolute atomic E-state index is 0.132. The maximum absolute atomic E-state index is 12.2. The Hall–Kier alpha value is -2.84. The molecule has 1 heterocycles. The van der Waals surface area contributed by atoms with Gasteiger partial charge in [0.05, 0.1) is 28.6 Å². The molecule has 7 nitrogen and oxygen atoms in total. The number of nitrogens with zero attached hydrogens (tertiary/aromatic N) is 2. The van der Waals surface area contributed by atoms with E-state index in [0.29, 0.717) is 10.7 Å². The van der Waals surface area contributed by atoms with Gasteiger partial charge in [0.25, 0.3) is 5.91 Å². The van der Waals surface area contributed by atoms with E-state index < -0.39 is 6.04 Å². The van der Waals surface area contributed by atoms with Gasteiger partial charge in [0, 0.05) is 0 Å². The zero-order valence-electron chi connectivity index (χ0n) is 14.6. The lowest BCUT2D eigenvalue weighted by Gasteiger charge is -2.10. The summed E-state index contributed by atoms with van der Waals surface area (Å²) in [6.45, 7) is 1.72. The van der Waals surface area contributed by atoms with E-state index in [9.17, 15) is 9.90 Å². The largest absolute Gasteiger partial charge is 0.503 e. The van der Waals surface area contributed by atoms with Crippen molar-refractivity contribution in [2.24, 2.45) is 5.10 Å². The third-order valence-corrected chi connectivity index (χ3v) is 4.94. The number of carbonyl (C=O) groups excluding carboxylic acids is 1. The van der Waals surface area contributed by atoms with Crippen LogP contribution in [0.25, 0.3) is 10.2 Å². The molecule has 3 N–H and O–H groups in total. The fourth-order valence-corrected chi connectivity index (χ4v) is 3.45. The van der Waals surface area contributed by atoms with Crippen LogP contribution >= 0.6 is 22.9 Å². The van der Waals surface area contributed by atoms with E-state index in [0.717, 1.165) is 10.2 Å². The van der Waals surface area contributed by atoms with Crippen LogP contribution in [0.2, 0.25) is 5.02 Å². The molecule has 0 bridgehead atoms. The van der Waals surface area contributed by atoms with Gasteiger partial charge in [-0.15, -0.1) is 0 Å². The van der Waals surface area contributed by atoms with Crippen LogP contribution in [-0.2, 0) is 4.79 Å². The second kappa shape index (κ2) is 8.24. The topological polar surface area (TPSA) is 95.8 Å². The molecule has 2 aromatic carbocycles. The third-order valence-electron chi connectivity index (χ3n) is 3.69. The number of fused-ring (bicyclic) bond motifs is 1. The van der Waals surface area contributed by atoms with Gasteiger partial charge < -0.3 is 15.2 Å². The van der Waals surface area contributed by atoms with Crippen LogP contribution in [0, 0.1) is 0 Å². The lowest BCUT2D eigenvalue weighted by molar-refractivity contribution is -0.121. The highest BCUT2D eigenvalue weighted by atomic mass is 35.5. The van der Waals surface area contributed by atoms with Crippen molar-refractivity contribution < 1.29 is 14.6 Å². The molecule has 140 valence electrons. The van der Waals surface area contributed by atoms with Gasteiger partial charge >= 0.3 is 0 Å². The molecular weight excluding hydrogens is 388 g/mol. The number of phenolic OH excluding ortho intramolecular Hbond substituents is 1. The lowest BCUT2D eigenvalue weighted by atomic mass is 10.2. The number of hydrogen-bond donors (Lipinski definition) is 3. The van der Waals surface area contributed by atoms with Crippen molar-refractivity contribution in [3.8, 4) is 11.5 Å². The second-order valence-electron chi connectivity index (χ2n) is 5.64. The van der Waals surface area contributed by atoms with Gasteiger partial charge in [-0.2, -0.15) is 5.10 Å². The molecule has 27 heavy (non-hydrogen) atoms. The Morgan fingerprint density at radius 1 is 1.41 bits per heavy atom. The number of amides is 1. The van der Waals surface area contributed by atoms with Crippen molar-refractivity contribution in [1.29, 1.82) is 0 Å². The van der Waals surface area contributed by atoms with E-state index >= 15 is 0 Å². The SMILES string of the molecule is COc1cc(/C=N/NC(=O)[C@H](C)Nc2nc3ccccc3s2)cc(Cl)c1O. The Balaban J connectivity index is 1.61. The molecule has 0 aliphatic carbocycles. The Labute approximate surface area is 164 Å². The first-order chi connectivity index (χ1) is 13.0. The van der Waals surface area contributed by atoms with Crippen LogP contribution in [0.15, 0.2) is 41.5 Å². The fraction of sp³-hybridized carbons (Fsp3) is 0.167. The summed E-state index contributed by atoms with van der Waals surface area (Å²) >= 11 is 7.40. The molecule has 0 fully saturated rings. The van der Waals surface area contributed by atoms with E-state index in [4.69, 9.17) is 16.3 Å². The predicted molar refractivity (Wildman–Crippen MR) is 108 cm³/mol. The smallest absolute Gasteiger partial charge is 0.262 e. The van der Waals surface area contributed by atoms with Gasteiger partial charge in [0.2, 0.25) is 0 Å². The molecular formula is C18H17ClN4O3S. The molecule has 0 saturated carbocycles. The number of nitrogens with one attached hydrogen (secondary N) is 2. The zero-order valence-corrected chi connectivity index (χ0v) is 16.1. The van der Waals surface area contributed by atoms with Crippen molar-refractivity contribution in [3.63, 3.8) is 0 Å². The van der Waals surface area contributed by atoms with Crippen LogP contribution in [0.4, 0.5) is 5.13 Å². The van der Waals surface area contributed by atoms with Gasteiger partial charge in [-0.25, -0.2) is 10.4 Å². The molecule has 0 unspecified atom stereocenters. The molecule has 3 rings (SSSR count). The van der Waals surface area contributed by atoms with E-state index in [-0.39, 0.29) is 22.4 Å². The van der Waals surface area contributed by atoms with E-state index in [1.54, 1.807) is 13.0 Å². The van der Waals surface area contributed by atoms with Crippen molar-refractivity contribution >= 4 is 50.4 Å². The minimum Gasteiger partial charge on any atom is -0.503 e. The van der Waals surface area contributed by atoms with Crippen molar-refractivity contribution in [2.45, 2.75) is 13.0 Å². The summed E-state index contributed by atoms with van der Waals surface area (Å²) in [4.78, 5) is 16.6. The first-order valence-electron chi connectivity index (χ1n) is 7.99. The molecule has 0 radical (unpaired) electrons. The van der Waals surface area contributed by atoms with Gasteiger partial charge in [0.1, 0.15) is 6.04 Å². The highest BCUT2D eigenvalue weighted by molar-refractivity contribution is 7.22. The van der Waals surface area contributed by atoms with E-state index in [1.807, 2.05) is 24.3 Å². The Morgan fingerprint density at radius 2 is 2.19 bits per heavy atom. The Kier molecular flexibility index (Phi) is 5.78. The number of ether oxygens (including phenoxy) is 1. The van der Waals surface area contributed by atoms with Gasteiger partial charge in [-0.05, 0) is 36.8 Å². The fourth-order valence-electron chi connectivity index (χ4n) is 2.28. The normalized spacial score (nSPS) is 12.3. The quantitative estimate of drug-likeness (QED) is 0.431. The number of hydrogen-bond acceptors (Lipinski definition) is 7. The van der Waals surface area contributed by atoms with E-state index in [2.05, 4.69) is 20.8 Å². The number of halogens is 1. The molecule has 9 heteroatoms. The maximum atomic E-state index is 12.2. The molecule has 3 aromatic rings. The number of benzene rings is 2. The van der Waals surface area contributed by atoms with Crippen LogP contribution < -0.4 is 15.5 Å². The maximum Gasteiger partial charge on any atom is 0.262 e. The lowest BCUT2D eigenvalue weighted by Crippen LogP contribution is -2.34. The molecule has 1 atom stereocenters. The number of rotatable bonds is 6. The number of aromatic hydroxyl groups is 1. The number of carbonyl (C=O) groups is 1.